The standard InChI is InChI=1S/C17H26N2O2.Y/c1-5-19(8-6-7-9-19)12-16(20)18-17-13(2)10-15(21-4)11-14(17)3;/h10-11H,5-9,12H2,1-4H3;/p+1. The van der Waals surface area contributed by atoms with E-state index in [9.17, 15) is 4.79 Å². The summed E-state index contributed by atoms with van der Waals surface area (Å²) in [6.45, 7) is 10.1. The first kappa shape index (κ1) is 19.6. The average Bonchev–Trinajstić information content (AvgIpc) is 2.91. The number of likely N-dealkylation sites (N-methyl/N-ethyl adjacent to an activating group) is 1. The molecule has 4 nitrogen and oxygen atoms in total. The minimum atomic E-state index is 0. The molecular formula is C17H27N2O2Y+. The second-order valence-electron chi connectivity index (χ2n) is 6.15. The van der Waals surface area contributed by atoms with E-state index in [1.165, 1.54) is 12.8 Å². The largest absolute Gasteiger partial charge is 0.497 e. The topological polar surface area (TPSA) is 38.3 Å². The van der Waals surface area contributed by atoms with Crippen molar-refractivity contribution in [1.82, 2.24) is 0 Å². The Hall–Kier alpha value is -0.446. The van der Waals surface area contributed by atoms with Crippen molar-refractivity contribution in [2.75, 3.05) is 38.6 Å². The number of rotatable bonds is 5. The van der Waals surface area contributed by atoms with Crippen LogP contribution in [0.2, 0.25) is 0 Å². The monoisotopic (exact) mass is 380 g/mol. The molecule has 0 unspecified atom stereocenters. The number of benzene rings is 1. The van der Waals surface area contributed by atoms with Crippen LogP contribution in [0.3, 0.4) is 0 Å². The van der Waals surface area contributed by atoms with Gasteiger partial charge in [-0.3, -0.25) is 4.79 Å². The van der Waals surface area contributed by atoms with Gasteiger partial charge in [0.25, 0.3) is 5.91 Å². The van der Waals surface area contributed by atoms with Crippen LogP contribution in [0.15, 0.2) is 12.1 Å². The quantitative estimate of drug-likeness (QED) is 0.798. The predicted octanol–water partition coefficient (Wildman–Crippen LogP) is 2.88. The minimum Gasteiger partial charge on any atom is -0.497 e. The molecule has 0 spiro atoms. The Morgan fingerprint density at radius 2 is 1.77 bits per heavy atom. The second kappa shape index (κ2) is 8.42. The maximum atomic E-state index is 12.4. The second-order valence-corrected chi connectivity index (χ2v) is 6.15. The fourth-order valence-corrected chi connectivity index (χ4v) is 3.31. The van der Waals surface area contributed by atoms with Crippen LogP contribution in [-0.4, -0.2) is 43.7 Å². The molecule has 0 bridgehead atoms. The molecule has 0 aliphatic carbocycles. The number of aryl methyl sites for hydroxylation is 2. The maximum absolute atomic E-state index is 12.4. The fraction of sp³-hybridized carbons (Fsp3) is 0.588. The molecule has 0 atom stereocenters. The third-order valence-electron chi connectivity index (χ3n) is 4.67. The summed E-state index contributed by atoms with van der Waals surface area (Å²) in [4.78, 5) is 12.4. The molecular weight excluding hydrogens is 353 g/mol. The Balaban J connectivity index is 0.00000242. The number of nitrogens with one attached hydrogen (secondary N) is 1. The molecule has 1 aliphatic rings. The van der Waals surface area contributed by atoms with Gasteiger partial charge in [-0.25, -0.2) is 0 Å². The third-order valence-corrected chi connectivity index (χ3v) is 4.67. The minimum absolute atomic E-state index is 0. The van der Waals surface area contributed by atoms with E-state index in [2.05, 4.69) is 12.2 Å². The van der Waals surface area contributed by atoms with Crippen LogP contribution in [0.4, 0.5) is 5.69 Å². The molecule has 1 fully saturated rings. The zero-order valence-corrected chi connectivity index (χ0v) is 17.1. The molecule has 0 aromatic heterocycles. The Kier molecular flexibility index (Phi) is 7.50. The van der Waals surface area contributed by atoms with Gasteiger partial charge in [0.2, 0.25) is 0 Å². The first-order valence-corrected chi connectivity index (χ1v) is 7.80. The van der Waals surface area contributed by atoms with E-state index >= 15 is 0 Å². The van der Waals surface area contributed by atoms with E-state index in [-0.39, 0.29) is 38.6 Å². The van der Waals surface area contributed by atoms with Crippen LogP contribution in [0, 0.1) is 13.8 Å². The van der Waals surface area contributed by atoms with E-state index < -0.39 is 0 Å². The van der Waals surface area contributed by atoms with Crippen LogP contribution in [0.5, 0.6) is 5.75 Å². The number of nitrogens with zero attached hydrogens (tertiary/aromatic N) is 1. The van der Waals surface area contributed by atoms with Gasteiger partial charge in [0.15, 0.2) is 6.54 Å². The average molecular weight is 380 g/mol. The number of hydrogen-bond acceptors (Lipinski definition) is 2. The molecule has 1 aromatic carbocycles. The summed E-state index contributed by atoms with van der Waals surface area (Å²) in [6, 6.07) is 3.92. The number of likely N-dealkylation sites (tertiary alicyclic amines) is 1. The van der Waals surface area contributed by atoms with E-state index in [1.54, 1.807) is 7.11 Å². The fourth-order valence-electron chi connectivity index (χ4n) is 3.31. The molecule has 119 valence electrons. The van der Waals surface area contributed by atoms with Gasteiger partial charge in [-0.05, 0) is 44.0 Å². The van der Waals surface area contributed by atoms with E-state index in [0.29, 0.717) is 6.54 Å². The van der Waals surface area contributed by atoms with Crippen LogP contribution in [0.25, 0.3) is 0 Å². The number of amides is 1. The summed E-state index contributed by atoms with van der Waals surface area (Å²) in [5, 5.41) is 3.11. The Bertz CT molecular complexity index is 502. The normalized spacial score (nSPS) is 16.0. The van der Waals surface area contributed by atoms with Gasteiger partial charge in [-0.15, -0.1) is 0 Å². The number of hydrogen-bond donors (Lipinski definition) is 1. The maximum Gasteiger partial charge on any atom is 0.279 e. The summed E-state index contributed by atoms with van der Waals surface area (Å²) in [7, 11) is 1.66. The van der Waals surface area contributed by atoms with Gasteiger partial charge in [-0.1, -0.05) is 0 Å². The van der Waals surface area contributed by atoms with Gasteiger partial charge in [-0.2, -0.15) is 0 Å². The number of ether oxygens (including phenoxy) is 1. The number of carbonyl (C=O) groups is 1. The first-order chi connectivity index (χ1) is 9.99. The molecule has 2 rings (SSSR count). The van der Waals surface area contributed by atoms with Gasteiger partial charge in [0.05, 0.1) is 26.7 Å². The van der Waals surface area contributed by atoms with E-state index in [4.69, 9.17) is 4.74 Å². The molecule has 1 aromatic rings. The molecule has 5 heteroatoms. The Morgan fingerprint density at radius 1 is 1.23 bits per heavy atom. The number of anilines is 1. The van der Waals surface area contributed by atoms with Crippen molar-refractivity contribution < 1.29 is 46.7 Å². The van der Waals surface area contributed by atoms with Crippen molar-refractivity contribution in [3.8, 4) is 5.75 Å². The van der Waals surface area contributed by atoms with Gasteiger partial charge < -0.3 is 14.5 Å². The zero-order valence-electron chi connectivity index (χ0n) is 14.2. The number of quaternary nitrogens is 1. The van der Waals surface area contributed by atoms with Crippen molar-refractivity contribution in [2.45, 2.75) is 33.6 Å². The smallest absolute Gasteiger partial charge is 0.279 e. The van der Waals surface area contributed by atoms with Crippen molar-refractivity contribution >= 4 is 11.6 Å². The van der Waals surface area contributed by atoms with Crippen molar-refractivity contribution in [2.24, 2.45) is 0 Å². The van der Waals surface area contributed by atoms with Gasteiger partial charge in [0.1, 0.15) is 5.75 Å². The number of methoxy groups -OCH3 is 1. The Morgan fingerprint density at radius 3 is 2.23 bits per heavy atom. The van der Waals surface area contributed by atoms with Gasteiger partial charge >= 0.3 is 0 Å². The summed E-state index contributed by atoms with van der Waals surface area (Å²) < 4.78 is 6.19. The first-order valence-electron chi connectivity index (χ1n) is 7.80. The van der Waals surface area contributed by atoms with Gasteiger partial charge in [0, 0.05) is 51.2 Å². The molecule has 1 aliphatic heterocycles. The summed E-state index contributed by atoms with van der Waals surface area (Å²) in [6.07, 6.45) is 2.48. The van der Waals surface area contributed by atoms with Crippen LogP contribution in [-0.2, 0) is 37.5 Å². The zero-order chi connectivity index (χ0) is 15.5. The molecule has 1 saturated heterocycles. The summed E-state index contributed by atoms with van der Waals surface area (Å²) in [5.74, 6) is 0.953. The Labute approximate surface area is 159 Å². The van der Waals surface area contributed by atoms with Crippen LogP contribution >= 0.6 is 0 Å². The van der Waals surface area contributed by atoms with Crippen molar-refractivity contribution in [3.63, 3.8) is 0 Å². The summed E-state index contributed by atoms with van der Waals surface area (Å²) >= 11 is 0. The van der Waals surface area contributed by atoms with E-state index in [1.807, 2.05) is 26.0 Å². The molecule has 1 heterocycles. The van der Waals surface area contributed by atoms with Crippen LogP contribution < -0.4 is 10.1 Å². The number of carbonyl (C=O) groups excluding carboxylic acids is 1. The molecule has 0 saturated carbocycles. The van der Waals surface area contributed by atoms with E-state index in [0.717, 1.165) is 46.7 Å². The molecule has 1 N–H and O–H groups in total. The molecule has 1 radical (unpaired) electrons. The summed E-state index contributed by atoms with van der Waals surface area (Å²) in [5.41, 5.74) is 3.02. The SMILES string of the molecule is CC[N+]1(CC(=O)Nc2c(C)cc(OC)cc2C)CCCC1.[Y]. The predicted molar refractivity (Wildman–Crippen MR) is 85.7 cm³/mol. The third kappa shape index (κ3) is 4.53. The van der Waals surface area contributed by atoms with Crippen LogP contribution in [0.1, 0.15) is 30.9 Å². The molecule has 22 heavy (non-hydrogen) atoms. The van der Waals surface area contributed by atoms with Crippen molar-refractivity contribution in [1.29, 1.82) is 0 Å². The molecule has 1 amide bonds. The van der Waals surface area contributed by atoms with Crippen molar-refractivity contribution in [3.05, 3.63) is 23.3 Å².